The number of rotatable bonds is 10. The van der Waals surface area contributed by atoms with E-state index < -0.39 is 75.8 Å². The number of amides is 2. The Morgan fingerprint density at radius 2 is 1.49 bits per heavy atom. The molecule has 49 heavy (non-hydrogen) atoms. The van der Waals surface area contributed by atoms with E-state index in [0.717, 1.165) is 24.6 Å². The molecule has 3 aromatic rings. The van der Waals surface area contributed by atoms with E-state index in [4.69, 9.17) is 14.2 Å². The normalized spacial score (nSPS) is 15.7. The third-order valence-corrected chi connectivity index (χ3v) is 7.40. The summed E-state index contributed by atoms with van der Waals surface area (Å²) >= 11 is 0. The SMILES string of the molecule is CCCCOC(=O)c1cccc(O)c1C(=O)c1c(O)cc(C(=O)O[C@H]2CN(C(=O)OC(C)(C)C)C[C@@H]2NC(=O)c2ccc(O)cc2)cc1O. The lowest BCUT2D eigenvalue weighted by molar-refractivity contribution is 0.0177. The van der Waals surface area contributed by atoms with Crippen LogP contribution >= 0.6 is 0 Å². The quantitative estimate of drug-likeness (QED) is 0.0881. The molecular weight excluding hydrogens is 640 g/mol. The topological polar surface area (TPSA) is 209 Å². The lowest BCUT2D eigenvalue weighted by Gasteiger charge is -2.24. The molecule has 5 N–H and O–H groups in total. The van der Waals surface area contributed by atoms with Crippen molar-refractivity contribution in [3.05, 3.63) is 82.4 Å². The summed E-state index contributed by atoms with van der Waals surface area (Å²) in [7, 11) is 0. The maximum absolute atomic E-state index is 13.5. The molecule has 1 saturated heterocycles. The van der Waals surface area contributed by atoms with Crippen LogP contribution in [0.1, 0.15) is 87.5 Å². The summed E-state index contributed by atoms with van der Waals surface area (Å²) in [6, 6.07) is 9.93. The van der Waals surface area contributed by atoms with Crippen molar-refractivity contribution in [1.29, 1.82) is 0 Å². The van der Waals surface area contributed by atoms with Crippen LogP contribution in [0.3, 0.4) is 0 Å². The van der Waals surface area contributed by atoms with Gasteiger partial charge in [-0.15, -0.1) is 0 Å². The van der Waals surface area contributed by atoms with Gasteiger partial charge in [0.2, 0.25) is 5.78 Å². The zero-order chi connectivity index (χ0) is 36.0. The summed E-state index contributed by atoms with van der Waals surface area (Å²) < 4.78 is 16.2. The Hall–Kier alpha value is -5.79. The van der Waals surface area contributed by atoms with Crippen LogP contribution in [0.5, 0.6) is 23.0 Å². The molecule has 0 radical (unpaired) electrons. The Kier molecular flexibility index (Phi) is 11.0. The Morgan fingerprint density at radius 1 is 0.837 bits per heavy atom. The molecule has 14 nitrogen and oxygen atoms in total. The first kappa shape index (κ1) is 36.1. The number of aromatic hydroxyl groups is 4. The van der Waals surface area contributed by atoms with Gasteiger partial charge in [-0.3, -0.25) is 9.59 Å². The van der Waals surface area contributed by atoms with Gasteiger partial charge in [0, 0.05) is 12.1 Å². The molecule has 1 aliphatic heterocycles. The highest BCUT2D eigenvalue weighted by Gasteiger charge is 2.41. The Morgan fingerprint density at radius 3 is 2.10 bits per heavy atom. The van der Waals surface area contributed by atoms with Crippen LogP contribution < -0.4 is 5.32 Å². The maximum Gasteiger partial charge on any atom is 0.410 e. The number of ketones is 1. The van der Waals surface area contributed by atoms with Gasteiger partial charge in [-0.25, -0.2) is 14.4 Å². The van der Waals surface area contributed by atoms with Crippen molar-refractivity contribution < 1.29 is 58.6 Å². The number of carbonyl (C=O) groups excluding carboxylic acids is 5. The monoisotopic (exact) mass is 678 g/mol. The molecule has 4 rings (SSSR count). The van der Waals surface area contributed by atoms with E-state index in [1.807, 2.05) is 6.92 Å². The van der Waals surface area contributed by atoms with Crippen LogP contribution in [-0.2, 0) is 14.2 Å². The number of hydrogen-bond acceptors (Lipinski definition) is 12. The van der Waals surface area contributed by atoms with Crippen molar-refractivity contribution >= 4 is 29.7 Å². The molecule has 0 aliphatic carbocycles. The molecule has 0 aromatic heterocycles. The minimum Gasteiger partial charge on any atom is -0.508 e. The highest BCUT2D eigenvalue weighted by molar-refractivity contribution is 6.18. The Labute approximate surface area is 281 Å². The van der Waals surface area contributed by atoms with Crippen LogP contribution in [0.2, 0.25) is 0 Å². The number of esters is 2. The van der Waals surface area contributed by atoms with Crippen molar-refractivity contribution in [2.24, 2.45) is 0 Å². The number of phenols is 4. The summed E-state index contributed by atoms with van der Waals surface area (Å²) in [6.07, 6.45) is -0.522. The number of phenolic OH excluding ortho intramolecular Hbond substituents is 4. The number of nitrogens with one attached hydrogen (secondary N) is 1. The molecule has 0 bridgehead atoms. The van der Waals surface area contributed by atoms with Gasteiger partial charge in [0.05, 0.1) is 35.9 Å². The van der Waals surface area contributed by atoms with Crippen molar-refractivity contribution in [3.8, 4) is 23.0 Å². The summed E-state index contributed by atoms with van der Waals surface area (Å²) in [5.74, 6) is -6.03. The number of hydrogen-bond donors (Lipinski definition) is 5. The summed E-state index contributed by atoms with van der Waals surface area (Å²) in [6.45, 7) is 6.72. The van der Waals surface area contributed by atoms with Crippen LogP contribution in [-0.4, -0.2) is 92.5 Å². The number of unbranched alkanes of at least 4 members (excludes halogenated alkanes) is 1. The first-order chi connectivity index (χ1) is 23.1. The van der Waals surface area contributed by atoms with Crippen LogP contribution in [0, 0.1) is 0 Å². The highest BCUT2D eigenvalue weighted by Crippen LogP contribution is 2.35. The van der Waals surface area contributed by atoms with E-state index in [9.17, 15) is 44.4 Å². The Bertz CT molecular complexity index is 1720. The summed E-state index contributed by atoms with van der Waals surface area (Å²) in [5.41, 5.74) is -2.54. The number of ether oxygens (including phenoxy) is 3. The van der Waals surface area contributed by atoms with Gasteiger partial charge in [-0.2, -0.15) is 0 Å². The third-order valence-electron chi connectivity index (χ3n) is 7.40. The van der Waals surface area contributed by atoms with Gasteiger partial charge >= 0.3 is 18.0 Å². The van der Waals surface area contributed by atoms with Crippen molar-refractivity contribution in [2.75, 3.05) is 19.7 Å². The van der Waals surface area contributed by atoms with Crippen molar-refractivity contribution in [3.63, 3.8) is 0 Å². The molecule has 1 aliphatic rings. The fraction of sp³-hybridized carbons (Fsp3) is 0.343. The van der Waals surface area contributed by atoms with Gasteiger partial charge < -0.3 is 44.9 Å². The molecular formula is C35H38N2O12. The second-order valence-electron chi connectivity index (χ2n) is 12.4. The lowest BCUT2D eigenvalue weighted by Crippen LogP contribution is -2.44. The molecule has 0 spiro atoms. The molecule has 260 valence electrons. The highest BCUT2D eigenvalue weighted by atomic mass is 16.6. The molecule has 1 fully saturated rings. The number of benzene rings is 3. The van der Waals surface area contributed by atoms with Crippen LogP contribution in [0.4, 0.5) is 4.79 Å². The van der Waals surface area contributed by atoms with Gasteiger partial charge in [-0.05, 0) is 75.7 Å². The molecule has 1 heterocycles. The zero-order valence-electron chi connectivity index (χ0n) is 27.4. The maximum atomic E-state index is 13.5. The largest absolute Gasteiger partial charge is 0.508 e. The molecule has 3 aromatic carbocycles. The predicted octanol–water partition coefficient (Wildman–Crippen LogP) is 4.27. The van der Waals surface area contributed by atoms with E-state index in [1.165, 1.54) is 41.3 Å². The average Bonchev–Trinajstić information content (AvgIpc) is 3.41. The number of nitrogens with zero attached hydrogens (tertiary/aromatic N) is 1. The van der Waals surface area contributed by atoms with E-state index >= 15 is 0 Å². The van der Waals surface area contributed by atoms with Crippen molar-refractivity contribution in [2.45, 2.75) is 58.3 Å². The minimum atomic E-state index is -1.12. The van der Waals surface area contributed by atoms with E-state index in [2.05, 4.69) is 5.32 Å². The van der Waals surface area contributed by atoms with Gasteiger partial charge in [-0.1, -0.05) is 19.4 Å². The van der Waals surface area contributed by atoms with Crippen LogP contribution in [0.25, 0.3) is 0 Å². The first-order valence-corrected chi connectivity index (χ1v) is 15.5. The Balaban J connectivity index is 1.58. The predicted molar refractivity (Wildman–Crippen MR) is 173 cm³/mol. The van der Waals surface area contributed by atoms with Crippen LogP contribution in [0.15, 0.2) is 54.6 Å². The fourth-order valence-corrected chi connectivity index (χ4v) is 5.00. The smallest absolute Gasteiger partial charge is 0.410 e. The average molecular weight is 679 g/mol. The second-order valence-corrected chi connectivity index (χ2v) is 12.4. The standard InChI is InChI=1S/C35H38N2O12/c1-5-6-14-47-33(45)22-8-7-9-24(39)28(22)30(42)29-25(40)15-20(16-26(29)41)32(44)48-27-18-37(34(46)49-35(2,3)4)17-23(27)36-31(43)19-10-12-21(38)13-11-19/h7-13,15-16,23,27,38-41H,5-6,14,17-18H2,1-4H3,(H,36,43)/t23-,27-/m0/s1. The van der Waals surface area contributed by atoms with Crippen molar-refractivity contribution in [1.82, 2.24) is 10.2 Å². The number of carbonyl (C=O) groups is 5. The minimum absolute atomic E-state index is 0.0505. The lowest BCUT2D eigenvalue weighted by atomic mass is 9.95. The zero-order valence-corrected chi connectivity index (χ0v) is 27.4. The third kappa shape index (κ3) is 8.77. The van der Waals surface area contributed by atoms with E-state index in [1.54, 1.807) is 20.8 Å². The molecule has 14 heteroatoms. The first-order valence-electron chi connectivity index (χ1n) is 15.5. The number of likely N-dealkylation sites (tertiary alicyclic amines) is 1. The fourth-order valence-electron chi connectivity index (χ4n) is 5.00. The van der Waals surface area contributed by atoms with E-state index in [-0.39, 0.29) is 42.1 Å². The molecule has 0 unspecified atom stereocenters. The summed E-state index contributed by atoms with van der Waals surface area (Å²) in [5, 5.41) is 44.4. The van der Waals surface area contributed by atoms with Gasteiger partial charge in [0.1, 0.15) is 40.3 Å². The van der Waals surface area contributed by atoms with E-state index in [0.29, 0.717) is 6.42 Å². The van der Waals surface area contributed by atoms with Gasteiger partial charge in [0.25, 0.3) is 5.91 Å². The molecule has 0 saturated carbocycles. The summed E-state index contributed by atoms with van der Waals surface area (Å²) in [4.78, 5) is 66.6. The van der Waals surface area contributed by atoms with Gasteiger partial charge in [0.15, 0.2) is 0 Å². The second kappa shape index (κ2) is 15.0. The molecule has 2 atom stereocenters. The molecule has 2 amide bonds.